The predicted molar refractivity (Wildman–Crippen MR) is 127 cm³/mol. The molecule has 33 heavy (non-hydrogen) atoms. The number of hydrogen-bond donors (Lipinski definition) is 0. The zero-order chi connectivity index (χ0) is 23.4. The summed E-state index contributed by atoms with van der Waals surface area (Å²) in [6.45, 7) is 4.29. The third-order valence-electron chi connectivity index (χ3n) is 5.85. The molecule has 4 rings (SSSR count). The first-order chi connectivity index (χ1) is 15.9. The fourth-order valence-electron chi connectivity index (χ4n) is 3.90. The first kappa shape index (κ1) is 22.8. The highest BCUT2D eigenvalue weighted by molar-refractivity contribution is 7.90. The zero-order valence-corrected chi connectivity index (χ0v) is 19.6. The third-order valence-corrected chi connectivity index (χ3v) is 7.54. The van der Waals surface area contributed by atoms with Gasteiger partial charge in [-0.25, -0.2) is 13.4 Å². The van der Waals surface area contributed by atoms with Crippen LogP contribution in [0.1, 0.15) is 21.5 Å². The van der Waals surface area contributed by atoms with Gasteiger partial charge in [-0.15, -0.1) is 0 Å². The highest BCUT2D eigenvalue weighted by Crippen LogP contribution is 2.23. The molecule has 0 spiro atoms. The number of aryl methyl sites for hydroxylation is 1. The number of carbonyl (C=O) groups is 1. The number of piperazine rings is 1. The van der Waals surface area contributed by atoms with Crippen LogP contribution < -0.4 is 9.64 Å². The maximum Gasteiger partial charge on any atom is 0.254 e. The van der Waals surface area contributed by atoms with Crippen molar-refractivity contribution in [3.63, 3.8) is 0 Å². The quantitative estimate of drug-likeness (QED) is 0.556. The molecule has 0 aliphatic carbocycles. The first-order valence-electron chi connectivity index (χ1n) is 10.8. The Balaban J connectivity index is 1.49. The Morgan fingerprint density at radius 3 is 2.36 bits per heavy atom. The summed E-state index contributed by atoms with van der Waals surface area (Å²) in [7, 11) is -2.04. The molecular formula is C25H27N3O4S. The predicted octanol–water partition coefficient (Wildman–Crippen LogP) is 3.33. The van der Waals surface area contributed by atoms with Crippen molar-refractivity contribution in [2.45, 2.75) is 17.6 Å². The largest absolute Gasteiger partial charge is 0.497 e. The number of anilines is 1. The number of aromatic nitrogens is 1. The van der Waals surface area contributed by atoms with Gasteiger partial charge in [0.25, 0.3) is 5.91 Å². The number of methoxy groups -OCH3 is 1. The first-order valence-corrected chi connectivity index (χ1v) is 12.4. The minimum atomic E-state index is -3.61. The van der Waals surface area contributed by atoms with E-state index in [9.17, 15) is 13.2 Å². The smallest absolute Gasteiger partial charge is 0.254 e. The third kappa shape index (κ3) is 5.17. The maximum atomic E-state index is 13.3. The molecule has 8 heteroatoms. The number of ether oxygens (including phenoxy) is 1. The number of rotatable bonds is 6. The average Bonchev–Trinajstić information content (AvgIpc) is 2.84. The summed E-state index contributed by atoms with van der Waals surface area (Å²) in [5.41, 5.74) is 1.85. The Hall–Kier alpha value is -3.39. The molecular weight excluding hydrogens is 438 g/mol. The van der Waals surface area contributed by atoms with Gasteiger partial charge >= 0.3 is 0 Å². The van der Waals surface area contributed by atoms with Crippen LogP contribution in [0.2, 0.25) is 0 Å². The maximum absolute atomic E-state index is 13.3. The molecule has 0 radical (unpaired) electrons. The van der Waals surface area contributed by atoms with Gasteiger partial charge in [-0.3, -0.25) is 4.79 Å². The zero-order valence-electron chi connectivity index (χ0n) is 18.8. The fourth-order valence-corrected chi connectivity index (χ4v) is 5.27. The van der Waals surface area contributed by atoms with Gasteiger partial charge in [-0.2, -0.15) is 0 Å². The van der Waals surface area contributed by atoms with Crippen molar-refractivity contribution in [3.8, 4) is 5.75 Å². The SMILES string of the molecule is COc1ccc(CS(=O)(=O)c2ccc(C)c(C(=O)N3CCN(c4ccccn4)CC3)c2)cc1. The highest BCUT2D eigenvalue weighted by atomic mass is 32.2. The molecule has 3 aromatic rings. The van der Waals surface area contributed by atoms with Gasteiger partial charge in [-0.1, -0.05) is 24.3 Å². The van der Waals surface area contributed by atoms with Crippen LogP contribution >= 0.6 is 0 Å². The van der Waals surface area contributed by atoms with Crippen molar-refractivity contribution in [2.75, 3.05) is 38.2 Å². The van der Waals surface area contributed by atoms with Crippen molar-refractivity contribution in [1.82, 2.24) is 9.88 Å². The second kappa shape index (κ2) is 9.62. The Kier molecular flexibility index (Phi) is 6.65. The molecule has 0 atom stereocenters. The summed E-state index contributed by atoms with van der Waals surface area (Å²) in [5.74, 6) is 1.28. The molecule has 1 aliphatic heterocycles. The van der Waals surface area contributed by atoms with Crippen molar-refractivity contribution in [1.29, 1.82) is 0 Å². The van der Waals surface area contributed by atoms with E-state index < -0.39 is 9.84 Å². The van der Waals surface area contributed by atoms with E-state index in [-0.39, 0.29) is 16.6 Å². The van der Waals surface area contributed by atoms with E-state index in [2.05, 4.69) is 9.88 Å². The summed E-state index contributed by atoms with van der Waals surface area (Å²) in [4.78, 5) is 21.7. The Morgan fingerprint density at radius 2 is 1.73 bits per heavy atom. The molecule has 0 N–H and O–H groups in total. The van der Waals surface area contributed by atoms with Crippen molar-refractivity contribution < 1.29 is 17.9 Å². The van der Waals surface area contributed by atoms with E-state index in [1.54, 1.807) is 54.6 Å². The summed E-state index contributed by atoms with van der Waals surface area (Å²) in [6, 6.07) is 17.5. The summed E-state index contributed by atoms with van der Waals surface area (Å²) in [5, 5.41) is 0. The number of hydrogen-bond acceptors (Lipinski definition) is 6. The second-order valence-corrected chi connectivity index (χ2v) is 10.0. The highest BCUT2D eigenvalue weighted by Gasteiger charge is 2.25. The van der Waals surface area contributed by atoms with Gasteiger partial charge in [0.15, 0.2) is 9.84 Å². The van der Waals surface area contributed by atoms with Crippen LogP contribution in [-0.4, -0.2) is 57.5 Å². The normalized spacial score (nSPS) is 14.2. The van der Waals surface area contributed by atoms with Crippen LogP contribution in [0.25, 0.3) is 0 Å². The molecule has 2 aromatic carbocycles. The number of carbonyl (C=O) groups excluding carboxylic acids is 1. The second-order valence-electron chi connectivity index (χ2n) is 8.05. The monoisotopic (exact) mass is 465 g/mol. The van der Waals surface area contributed by atoms with E-state index in [0.717, 1.165) is 11.4 Å². The van der Waals surface area contributed by atoms with E-state index in [1.807, 2.05) is 25.1 Å². The molecule has 0 bridgehead atoms. The molecule has 0 unspecified atom stereocenters. The fraction of sp³-hybridized carbons (Fsp3) is 0.280. The van der Waals surface area contributed by atoms with Gasteiger partial charge in [0.2, 0.25) is 0 Å². The van der Waals surface area contributed by atoms with Gasteiger partial charge in [-0.05, 0) is 54.4 Å². The van der Waals surface area contributed by atoms with Gasteiger partial charge in [0.05, 0.1) is 17.8 Å². The Bertz CT molecular complexity index is 1220. The lowest BCUT2D eigenvalue weighted by atomic mass is 10.1. The van der Waals surface area contributed by atoms with Crippen molar-refractivity contribution >= 4 is 21.6 Å². The van der Waals surface area contributed by atoms with Crippen molar-refractivity contribution in [2.24, 2.45) is 0 Å². The van der Waals surface area contributed by atoms with E-state index in [0.29, 0.717) is 43.1 Å². The standard InChI is InChI=1S/C25H27N3O4S/c1-19-6-11-22(33(30,31)18-20-7-9-21(32-2)10-8-20)17-23(19)25(29)28-15-13-27(14-16-28)24-5-3-4-12-26-24/h3-12,17H,13-16,18H2,1-2H3. The van der Waals surface area contributed by atoms with Crippen LogP contribution in [0.3, 0.4) is 0 Å². The van der Waals surface area contributed by atoms with Crippen molar-refractivity contribution in [3.05, 3.63) is 83.6 Å². The molecule has 1 aliphatic rings. The lowest BCUT2D eigenvalue weighted by Crippen LogP contribution is -2.49. The van der Waals surface area contributed by atoms with E-state index in [1.165, 1.54) is 6.07 Å². The van der Waals surface area contributed by atoms with Crippen LogP contribution in [0.15, 0.2) is 71.8 Å². The minimum absolute atomic E-state index is 0.142. The van der Waals surface area contributed by atoms with Crippen LogP contribution in [0, 0.1) is 6.92 Å². The number of sulfone groups is 1. The molecule has 1 fully saturated rings. The number of pyridine rings is 1. The lowest BCUT2D eigenvalue weighted by molar-refractivity contribution is 0.0745. The number of amides is 1. The molecule has 172 valence electrons. The minimum Gasteiger partial charge on any atom is -0.497 e. The van der Waals surface area contributed by atoms with Gasteiger partial charge in [0, 0.05) is 37.9 Å². The van der Waals surface area contributed by atoms with E-state index >= 15 is 0 Å². The van der Waals surface area contributed by atoms with Gasteiger partial charge in [0.1, 0.15) is 11.6 Å². The lowest BCUT2D eigenvalue weighted by Gasteiger charge is -2.35. The average molecular weight is 466 g/mol. The molecule has 1 saturated heterocycles. The summed E-state index contributed by atoms with van der Waals surface area (Å²) < 4.78 is 31.2. The van der Waals surface area contributed by atoms with E-state index in [4.69, 9.17) is 4.74 Å². The number of nitrogens with zero attached hydrogens (tertiary/aromatic N) is 3. The summed E-state index contributed by atoms with van der Waals surface area (Å²) in [6.07, 6.45) is 1.76. The molecule has 1 aromatic heterocycles. The molecule has 1 amide bonds. The number of benzene rings is 2. The van der Waals surface area contributed by atoms with Crippen LogP contribution in [0.4, 0.5) is 5.82 Å². The van der Waals surface area contributed by atoms with Crippen LogP contribution in [0.5, 0.6) is 5.75 Å². The van der Waals surface area contributed by atoms with Crippen LogP contribution in [-0.2, 0) is 15.6 Å². The molecule has 0 saturated carbocycles. The Morgan fingerprint density at radius 1 is 1.00 bits per heavy atom. The molecule has 7 nitrogen and oxygen atoms in total. The molecule has 2 heterocycles. The summed E-state index contributed by atoms with van der Waals surface area (Å²) >= 11 is 0. The topological polar surface area (TPSA) is 79.8 Å². The Labute approximate surface area is 194 Å². The van der Waals surface area contributed by atoms with Gasteiger partial charge < -0.3 is 14.5 Å².